The van der Waals surface area contributed by atoms with Crippen LogP contribution in [0, 0.1) is 5.92 Å². The molecular formula is C19H30N6O2. The van der Waals surface area contributed by atoms with Gasteiger partial charge in [-0.05, 0) is 12.3 Å². The quantitative estimate of drug-likeness (QED) is 0.651. The standard InChI is InChI=1S/C19H30N6O2/c1-14(2)4-10-25-16-5-9-24(13-17-20-6-7-21-17)12-15(16)18(23-25)19(26)22-8-11-27-3/h6-7,14H,4-5,8-13H2,1-3H3,(H,20,21)(H,22,26). The topological polar surface area (TPSA) is 88.1 Å². The number of aryl methyl sites for hydroxylation is 1. The number of rotatable bonds is 9. The Hall–Kier alpha value is -2.19. The summed E-state index contributed by atoms with van der Waals surface area (Å²) >= 11 is 0. The molecule has 3 heterocycles. The maximum absolute atomic E-state index is 12.7. The van der Waals surface area contributed by atoms with Crippen LogP contribution in [-0.4, -0.2) is 57.4 Å². The molecule has 8 heteroatoms. The Kier molecular flexibility index (Phi) is 6.63. The van der Waals surface area contributed by atoms with Crippen LogP contribution in [0.5, 0.6) is 0 Å². The van der Waals surface area contributed by atoms with Crippen molar-refractivity contribution in [1.29, 1.82) is 0 Å². The monoisotopic (exact) mass is 374 g/mol. The number of hydrogen-bond donors (Lipinski definition) is 2. The van der Waals surface area contributed by atoms with Crippen LogP contribution in [-0.2, 0) is 30.8 Å². The van der Waals surface area contributed by atoms with E-state index in [4.69, 9.17) is 4.74 Å². The van der Waals surface area contributed by atoms with Crippen LogP contribution in [0.2, 0.25) is 0 Å². The molecule has 0 fully saturated rings. The Morgan fingerprint density at radius 1 is 1.44 bits per heavy atom. The number of nitrogens with one attached hydrogen (secondary N) is 2. The number of aromatic amines is 1. The molecule has 1 amide bonds. The summed E-state index contributed by atoms with van der Waals surface area (Å²) < 4.78 is 7.07. The summed E-state index contributed by atoms with van der Waals surface area (Å²) in [6.07, 6.45) is 5.55. The summed E-state index contributed by atoms with van der Waals surface area (Å²) in [4.78, 5) is 22.5. The highest BCUT2D eigenvalue weighted by Gasteiger charge is 2.28. The summed E-state index contributed by atoms with van der Waals surface area (Å²) in [6.45, 7) is 8.64. The van der Waals surface area contributed by atoms with Gasteiger partial charge in [-0.15, -0.1) is 0 Å². The Morgan fingerprint density at radius 3 is 3.00 bits per heavy atom. The molecule has 8 nitrogen and oxygen atoms in total. The molecule has 2 aromatic heterocycles. The van der Waals surface area contributed by atoms with E-state index in [2.05, 4.69) is 39.1 Å². The zero-order chi connectivity index (χ0) is 19.2. The first-order chi connectivity index (χ1) is 13.1. The predicted molar refractivity (Wildman–Crippen MR) is 102 cm³/mol. The number of ether oxygens (including phenoxy) is 1. The highest BCUT2D eigenvalue weighted by molar-refractivity contribution is 5.94. The molecule has 1 aliphatic rings. The third-order valence-corrected chi connectivity index (χ3v) is 4.87. The normalized spacial score (nSPS) is 14.5. The molecule has 27 heavy (non-hydrogen) atoms. The van der Waals surface area contributed by atoms with Crippen LogP contribution in [0.25, 0.3) is 0 Å². The Morgan fingerprint density at radius 2 is 2.30 bits per heavy atom. The number of hydrogen-bond acceptors (Lipinski definition) is 5. The van der Waals surface area contributed by atoms with Crippen LogP contribution in [0.3, 0.4) is 0 Å². The van der Waals surface area contributed by atoms with Crippen molar-refractivity contribution >= 4 is 5.91 Å². The molecule has 0 aliphatic carbocycles. The van der Waals surface area contributed by atoms with Gasteiger partial charge in [0, 0.05) is 63.4 Å². The minimum absolute atomic E-state index is 0.119. The predicted octanol–water partition coefficient (Wildman–Crippen LogP) is 1.59. The van der Waals surface area contributed by atoms with E-state index in [1.54, 1.807) is 13.3 Å². The van der Waals surface area contributed by atoms with E-state index >= 15 is 0 Å². The average Bonchev–Trinajstić information content (AvgIpc) is 3.27. The van der Waals surface area contributed by atoms with Crippen LogP contribution in [0.1, 0.15) is 47.8 Å². The second-order valence-corrected chi connectivity index (χ2v) is 7.42. The van der Waals surface area contributed by atoms with Crippen LogP contribution >= 0.6 is 0 Å². The van der Waals surface area contributed by atoms with Crippen molar-refractivity contribution in [2.45, 2.75) is 46.3 Å². The number of imidazole rings is 1. The average molecular weight is 374 g/mol. The molecule has 0 saturated carbocycles. The lowest BCUT2D eigenvalue weighted by atomic mass is 10.0. The summed E-state index contributed by atoms with van der Waals surface area (Å²) in [5, 5.41) is 7.60. The van der Waals surface area contributed by atoms with Gasteiger partial charge in [0.25, 0.3) is 5.91 Å². The van der Waals surface area contributed by atoms with E-state index in [1.165, 1.54) is 5.69 Å². The summed E-state index contributed by atoms with van der Waals surface area (Å²) in [5.41, 5.74) is 2.80. The molecule has 0 aromatic carbocycles. The van der Waals surface area contributed by atoms with Crippen molar-refractivity contribution in [3.63, 3.8) is 0 Å². The third-order valence-electron chi connectivity index (χ3n) is 4.87. The molecule has 0 radical (unpaired) electrons. The van der Waals surface area contributed by atoms with Gasteiger partial charge in [0.2, 0.25) is 0 Å². The number of carbonyl (C=O) groups is 1. The number of fused-ring (bicyclic) bond motifs is 1. The number of H-pyrrole nitrogens is 1. The highest BCUT2D eigenvalue weighted by Crippen LogP contribution is 2.24. The van der Waals surface area contributed by atoms with Crippen molar-refractivity contribution in [3.8, 4) is 0 Å². The fourth-order valence-electron chi connectivity index (χ4n) is 3.38. The molecule has 0 spiro atoms. The van der Waals surface area contributed by atoms with Crippen LogP contribution < -0.4 is 5.32 Å². The number of methoxy groups -OCH3 is 1. The molecule has 0 bridgehead atoms. The Balaban J connectivity index is 1.78. The van der Waals surface area contributed by atoms with Gasteiger partial charge in [-0.2, -0.15) is 5.10 Å². The van der Waals surface area contributed by atoms with Gasteiger partial charge in [-0.3, -0.25) is 14.4 Å². The Labute approximate surface area is 160 Å². The Bertz CT molecular complexity index is 738. The maximum atomic E-state index is 12.7. The second kappa shape index (κ2) is 9.14. The van der Waals surface area contributed by atoms with Gasteiger partial charge >= 0.3 is 0 Å². The minimum atomic E-state index is -0.119. The van der Waals surface area contributed by atoms with Crippen molar-refractivity contribution in [2.75, 3.05) is 26.8 Å². The molecule has 2 aromatic rings. The molecule has 148 valence electrons. The lowest BCUT2D eigenvalue weighted by Crippen LogP contribution is -2.33. The highest BCUT2D eigenvalue weighted by atomic mass is 16.5. The fourth-order valence-corrected chi connectivity index (χ4v) is 3.38. The molecule has 3 rings (SSSR count). The number of nitrogens with zero attached hydrogens (tertiary/aromatic N) is 4. The molecule has 0 saturated heterocycles. The van der Waals surface area contributed by atoms with Gasteiger partial charge < -0.3 is 15.0 Å². The number of aromatic nitrogens is 4. The van der Waals surface area contributed by atoms with E-state index < -0.39 is 0 Å². The summed E-state index contributed by atoms with van der Waals surface area (Å²) in [7, 11) is 1.63. The molecule has 0 unspecified atom stereocenters. The van der Waals surface area contributed by atoms with Crippen molar-refractivity contribution in [1.82, 2.24) is 30.0 Å². The first kappa shape index (κ1) is 19.6. The third kappa shape index (κ3) is 4.95. The van der Waals surface area contributed by atoms with Gasteiger partial charge in [0.15, 0.2) is 5.69 Å². The van der Waals surface area contributed by atoms with E-state index in [-0.39, 0.29) is 5.91 Å². The summed E-state index contributed by atoms with van der Waals surface area (Å²) in [5.74, 6) is 1.42. The van der Waals surface area contributed by atoms with Crippen LogP contribution in [0.4, 0.5) is 0 Å². The first-order valence-electron chi connectivity index (χ1n) is 9.64. The van der Waals surface area contributed by atoms with Gasteiger partial charge in [0.1, 0.15) is 5.82 Å². The van der Waals surface area contributed by atoms with Gasteiger partial charge in [0.05, 0.1) is 13.2 Å². The first-order valence-corrected chi connectivity index (χ1v) is 9.64. The number of carbonyl (C=O) groups excluding carboxylic acids is 1. The van der Waals surface area contributed by atoms with E-state index in [9.17, 15) is 4.79 Å². The van der Waals surface area contributed by atoms with Gasteiger partial charge in [-0.1, -0.05) is 13.8 Å². The zero-order valence-corrected chi connectivity index (χ0v) is 16.5. The van der Waals surface area contributed by atoms with E-state index in [0.717, 1.165) is 43.9 Å². The molecule has 2 N–H and O–H groups in total. The van der Waals surface area contributed by atoms with Crippen LogP contribution in [0.15, 0.2) is 12.4 Å². The van der Waals surface area contributed by atoms with Gasteiger partial charge in [-0.25, -0.2) is 4.98 Å². The van der Waals surface area contributed by atoms with Crippen molar-refractivity contribution in [2.24, 2.45) is 5.92 Å². The maximum Gasteiger partial charge on any atom is 0.272 e. The van der Waals surface area contributed by atoms with E-state index in [1.807, 2.05) is 10.9 Å². The second-order valence-electron chi connectivity index (χ2n) is 7.42. The lowest BCUT2D eigenvalue weighted by molar-refractivity contribution is 0.0929. The summed E-state index contributed by atoms with van der Waals surface area (Å²) in [6, 6.07) is 0. The molecule has 1 aliphatic heterocycles. The SMILES string of the molecule is COCCNC(=O)c1nn(CCC(C)C)c2c1CN(Cc1ncc[nH]1)CC2. The molecule has 0 atom stereocenters. The number of amides is 1. The van der Waals surface area contributed by atoms with E-state index in [0.29, 0.717) is 31.3 Å². The minimum Gasteiger partial charge on any atom is -0.383 e. The van der Waals surface area contributed by atoms with Crippen molar-refractivity contribution in [3.05, 3.63) is 35.2 Å². The van der Waals surface area contributed by atoms with Crippen molar-refractivity contribution < 1.29 is 9.53 Å². The molecular weight excluding hydrogens is 344 g/mol. The zero-order valence-electron chi connectivity index (χ0n) is 16.5. The largest absolute Gasteiger partial charge is 0.383 e. The fraction of sp³-hybridized carbons (Fsp3) is 0.632. The smallest absolute Gasteiger partial charge is 0.272 e. The lowest BCUT2D eigenvalue weighted by Gasteiger charge is -2.27.